The molecule has 1 rings (SSSR count). The van der Waals surface area contributed by atoms with Crippen LogP contribution >= 0.6 is 23.2 Å². The molecule has 0 aliphatic heterocycles. The topological polar surface area (TPSA) is 43.4 Å². The summed E-state index contributed by atoms with van der Waals surface area (Å²) in [6.45, 7) is 0. The second kappa shape index (κ2) is 3.74. The molecule has 0 aromatic heterocycles. The van der Waals surface area contributed by atoms with Crippen molar-refractivity contribution in [3.63, 3.8) is 0 Å². The van der Waals surface area contributed by atoms with E-state index in [1.165, 1.54) is 12.1 Å². The summed E-state index contributed by atoms with van der Waals surface area (Å²) in [4.78, 5) is 0. The van der Waals surface area contributed by atoms with E-state index in [0.29, 0.717) is 0 Å². The number of rotatable bonds is 2. The predicted molar refractivity (Wildman–Crippen MR) is 50.8 cm³/mol. The van der Waals surface area contributed by atoms with Crippen LogP contribution in [0.5, 0.6) is 5.75 Å². The third-order valence-corrected chi connectivity index (χ3v) is 2.36. The molecule has 0 atom stereocenters. The van der Waals surface area contributed by atoms with Gasteiger partial charge in [-0.1, -0.05) is 23.2 Å². The van der Waals surface area contributed by atoms with Crippen molar-refractivity contribution in [3.8, 4) is 5.75 Å². The van der Waals surface area contributed by atoms with Crippen molar-refractivity contribution in [1.82, 2.24) is 0 Å². The molecule has 0 saturated carbocycles. The smallest absolute Gasteiger partial charge is 0.306 e. The maximum Gasteiger partial charge on any atom is 0.306 e. The van der Waals surface area contributed by atoms with E-state index in [1.54, 1.807) is 0 Å². The fourth-order valence-corrected chi connectivity index (χ4v) is 1.47. The van der Waals surface area contributed by atoms with Crippen molar-refractivity contribution in [2.75, 3.05) is 6.26 Å². The Balaban J connectivity index is 3.10. The summed E-state index contributed by atoms with van der Waals surface area (Å²) >= 11 is 11.3. The summed E-state index contributed by atoms with van der Waals surface area (Å²) in [6.07, 6.45) is 0.921. The first-order valence-corrected chi connectivity index (χ1v) is 5.72. The van der Waals surface area contributed by atoms with Crippen LogP contribution in [0.2, 0.25) is 10.0 Å². The van der Waals surface area contributed by atoms with Crippen molar-refractivity contribution in [2.45, 2.75) is 0 Å². The molecule has 71 valence electrons. The van der Waals surface area contributed by atoms with Crippen LogP contribution in [0, 0.1) is 6.07 Å². The lowest BCUT2D eigenvalue weighted by Crippen LogP contribution is -2.06. The second-order valence-corrected chi connectivity index (χ2v) is 4.63. The van der Waals surface area contributed by atoms with Crippen LogP contribution in [0.1, 0.15) is 0 Å². The second-order valence-electron chi connectivity index (χ2n) is 2.27. The van der Waals surface area contributed by atoms with Gasteiger partial charge in [0.1, 0.15) is 5.02 Å². The van der Waals surface area contributed by atoms with Crippen molar-refractivity contribution < 1.29 is 12.6 Å². The Hall–Kier alpha value is -0.450. The lowest BCUT2D eigenvalue weighted by atomic mass is 10.3. The zero-order chi connectivity index (χ0) is 10.1. The van der Waals surface area contributed by atoms with Crippen LogP contribution < -0.4 is 4.18 Å². The Morgan fingerprint density at radius 3 is 2.54 bits per heavy atom. The van der Waals surface area contributed by atoms with Gasteiger partial charge in [-0.25, -0.2) is 0 Å². The van der Waals surface area contributed by atoms with Gasteiger partial charge < -0.3 is 4.18 Å². The molecule has 0 aliphatic rings. The highest BCUT2D eigenvalue weighted by molar-refractivity contribution is 7.86. The summed E-state index contributed by atoms with van der Waals surface area (Å²) in [5.41, 5.74) is 0. The van der Waals surface area contributed by atoms with Gasteiger partial charge in [0.05, 0.1) is 11.3 Å². The molecule has 0 heterocycles. The first-order valence-electron chi connectivity index (χ1n) is 3.15. The zero-order valence-corrected chi connectivity index (χ0v) is 8.87. The maximum absolute atomic E-state index is 10.7. The van der Waals surface area contributed by atoms with Crippen molar-refractivity contribution in [3.05, 3.63) is 28.2 Å². The van der Waals surface area contributed by atoms with Gasteiger partial charge in [0.25, 0.3) is 0 Å². The van der Waals surface area contributed by atoms with E-state index >= 15 is 0 Å². The highest BCUT2D eigenvalue weighted by Crippen LogP contribution is 2.31. The van der Waals surface area contributed by atoms with Crippen LogP contribution in [0.4, 0.5) is 0 Å². The highest BCUT2D eigenvalue weighted by Gasteiger charge is 2.10. The van der Waals surface area contributed by atoms with Gasteiger partial charge in [-0.15, -0.1) is 0 Å². The van der Waals surface area contributed by atoms with Gasteiger partial charge in [0, 0.05) is 0 Å². The third-order valence-electron chi connectivity index (χ3n) is 1.09. The van der Waals surface area contributed by atoms with Crippen LogP contribution in [0.15, 0.2) is 12.1 Å². The van der Waals surface area contributed by atoms with E-state index in [9.17, 15) is 8.42 Å². The van der Waals surface area contributed by atoms with Gasteiger partial charge in [-0.2, -0.15) is 8.42 Å². The van der Waals surface area contributed by atoms with Crippen LogP contribution in [-0.2, 0) is 10.1 Å². The minimum atomic E-state index is -3.58. The van der Waals surface area contributed by atoms with E-state index in [0.717, 1.165) is 6.26 Å². The minimum Gasteiger partial charge on any atom is -0.381 e. The molecule has 6 heteroatoms. The Bertz CT molecular complexity index is 414. The highest BCUT2D eigenvalue weighted by atomic mass is 35.5. The molecule has 1 aromatic rings. The van der Waals surface area contributed by atoms with Crippen molar-refractivity contribution in [1.29, 1.82) is 0 Å². The van der Waals surface area contributed by atoms with E-state index in [2.05, 4.69) is 10.2 Å². The Kier molecular flexibility index (Phi) is 3.05. The van der Waals surface area contributed by atoms with Gasteiger partial charge in [0.2, 0.25) is 0 Å². The molecule has 0 N–H and O–H groups in total. The third kappa shape index (κ3) is 3.06. The molecule has 3 nitrogen and oxygen atoms in total. The molecule has 1 radical (unpaired) electrons. The molecule has 13 heavy (non-hydrogen) atoms. The summed E-state index contributed by atoms with van der Waals surface area (Å²) in [5, 5.41) is 0.258. The van der Waals surface area contributed by atoms with E-state index in [-0.39, 0.29) is 15.8 Å². The minimum absolute atomic E-state index is 0.0170. The molecule has 0 aliphatic carbocycles. The number of halogens is 2. The monoisotopic (exact) mass is 239 g/mol. The van der Waals surface area contributed by atoms with Gasteiger partial charge >= 0.3 is 10.1 Å². The zero-order valence-electron chi connectivity index (χ0n) is 6.54. The molecular formula is C7H5Cl2O3S. The number of hydrogen-bond acceptors (Lipinski definition) is 3. The van der Waals surface area contributed by atoms with Crippen molar-refractivity contribution >= 4 is 33.3 Å². The Morgan fingerprint density at radius 1 is 1.38 bits per heavy atom. The van der Waals surface area contributed by atoms with Crippen LogP contribution in [0.3, 0.4) is 0 Å². The molecule has 0 fully saturated rings. The van der Waals surface area contributed by atoms with Crippen LogP contribution in [-0.4, -0.2) is 14.7 Å². The maximum atomic E-state index is 10.7. The predicted octanol–water partition coefficient (Wildman–Crippen LogP) is 2.13. The first kappa shape index (κ1) is 10.6. The summed E-state index contributed by atoms with van der Waals surface area (Å²) in [7, 11) is -3.58. The fraction of sp³-hybridized carbons (Fsp3) is 0.143. The van der Waals surface area contributed by atoms with Crippen LogP contribution in [0.25, 0.3) is 0 Å². The van der Waals surface area contributed by atoms with E-state index in [1.807, 2.05) is 0 Å². The molecule has 0 bridgehead atoms. The van der Waals surface area contributed by atoms with Gasteiger partial charge in [-0.05, 0) is 18.2 Å². The normalized spacial score (nSPS) is 11.3. The molecule has 0 unspecified atom stereocenters. The Morgan fingerprint density at radius 2 is 2.00 bits per heavy atom. The molecule has 1 aromatic carbocycles. The number of hydrogen-bond donors (Lipinski definition) is 0. The summed E-state index contributed by atoms with van der Waals surface area (Å²) < 4.78 is 26.0. The van der Waals surface area contributed by atoms with Crippen molar-refractivity contribution in [2.24, 2.45) is 0 Å². The molecule has 0 saturated heterocycles. The SMILES string of the molecule is CS(=O)(=O)Oc1c[c]cc(Cl)c1Cl. The van der Waals surface area contributed by atoms with Gasteiger partial charge in [-0.3, -0.25) is 0 Å². The average Bonchev–Trinajstić information content (AvgIpc) is 1.96. The van der Waals surface area contributed by atoms with E-state index in [4.69, 9.17) is 23.2 Å². The lowest BCUT2D eigenvalue weighted by Gasteiger charge is -2.04. The molecule has 0 amide bonds. The van der Waals surface area contributed by atoms with Gasteiger partial charge in [0.15, 0.2) is 5.75 Å². The largest absolute Gasteiger partial charge is 0.381 e. The van der Waals surface area contributed by atoms with E-state index < -0.39 is 10.1 Å². The summed E-state index contributed by atoms with van der Waals surface area (Å²) in [5.74, 6) is -0.0170. The fourth-order valence-electron chi connectivity index (χ4n) is 0.659. The number of benzene rings is 1. The standard InChI is InChI=1S/C7H5Cl2O3S/c1-13(10,11)12-6-4-2-3-5(8)7(6)9/h3-4H,1H3. The molecular weight excluding hydrogens is 235 g/mol. The average molecular weight is 240 g/mol. The quantitative estimate of drug-likeness (QED) is 0.743. The molecule has 0 spiro atoms. The summed E-state index contributed by atoms with van der Waals surface area (Å²) in [6, 6.07) is 5.30. The Labute approximate surface area is 86.4 Å². The first-order chi connectivity index (χ1) is 5.90. The lowest BCUT2D eigenvalue weighted by molar-refractivity contribution is 0.493.